The standard InChI is InChI=1S/C12H18S2/c1-7-8(2)11(5-13)10(4)12(6-14)9(7)3/h13-14H,5-6H2,1-4H3. The van der Waals surface area contributed by atoms with Gasteiger partial charge in [0, 0.05) is 11.5 Å². The van der Waals surface area contributed by atoms with Crippen LogP contribution < -0.4 is 0 Å². The summed E-state index contributed by atoms with van der Waals surface area (Å²) in [6.45, 7) is 8.73. The van der Waals surface area contributed by atoms with Gasteiger partial charge in [0.05, 0.1) is 0 Å². The number of rotatable bonds is 2. The lowest BCUT2D eigenvalue weighted by Crippen LogP contribution is -2.02. The van der Waals surface area contributed by atoms with Crippen LogP contribution in [0.2, 0.25) is 0 Å². The first-order valence-electron chi connectivity index (χ1n) is 4.84. The lowest BCUT2D eigenvalue weighted by molar-refractivity contribution is 1.11. The molecule has 78 valence electrons. The topological polar surface area (TPSA) is 0 Å². The molecule has 14 heavy (non-hydrogen) atoms. The van der Waals surface area contributed by atoms with E-state index in [-0.39, 0.29) is 0 Å². The maximum Gasteiger partial charge on any atom is 0.0159 e. The number of benzene rings is 1. The summed E-state index contributed by atoms with van der Waals surface area (Å²) >= 11 is 8.78. The molecule has 0 fully saturated rings. The van der Waals surface area contributed by atoms with Crippen LogP contribution in [0.15, 0.2) is 0 Å². The molecule has 0 radical (unpaired) electrons. The smallest absolute Gasteiger partial charge is 0.0159 e. The van der Waals surface area contributed by atoms with Gasteiger partial charge < -0.3 is 0 Å². The van der Waals surface area contributed by atoms with E-state index in [1.165, 1.54) is 33.4 Å². The van der Waals surface area contributed by atoms with Crippen LogP contribution in [0.1, 0.15) is 33.4 Å². The molecule has 0 N–H and O–H groups in total. The Morgan fingerprint density at radius 3 is 1.29 bits per heavy atom. The maximum atomic E-state index is 4.39. The Hall–Kier alpha value is -0.0800. The number of hydrogen-bond donors (Lipinski definition) is 2. The predicted molar refractivity (Wildman–Crippen MR) is 70.8 cm³/mol. The monoisotopic (exact) mass is 226 g/mol. The minimum atomic E-state index is 0.819. The van der Waals surface area contributed by atoms with Crippen molar-refractivity contribution in [2.75, 3.05) is 0 Å². The molecule has 0 aliphatic heterocycles. The van der Waals surface area contributed by atoms with Crippen LogP contribution in [0.25, 0.3) is 0 Å². The molecule has 0 aromatic heterocycles. The second-order valence-electron chi connectivity index (χ2n) is 3.77. The highest BCUT2D eigenvalue weighted by Crippen LogP contribution is 2.28. The van der Waals surface area contributed by atoms with Gasteiger partial charge in [-0.15, -0.1) is 0 Å². The maximum absolute atomic E-state index is 4.39. The fourth-order valence-electron chi connectivity index (χ4n) is 1.95. The number of thiol groups is 2. The van der Waals surface area contributed by atoms with Crippen molar-refractivity contribution in [1.29, 1.82) is 0 Å². The van der Waals surface area contributed by atoms with Crippen molar-refractivity contribution >= 4 is 25.3 Å². The molecule has 0 atom stereocenters. The zero-order valence-corrected chi connectivity index (χ0v) is 11.1. The third-order valence-electron chi connectivity index (χ3n) is 3.25. The van der Waals surface area contributed by atoms with Gasteiger partial charge in [-0.25, -0.2) is 0 Å². The molecule has 0 aliphatic carbocycles. The molecular weight excluding hydrogens is 208 g/mol. The first-order valence-corrected chi connectivity index (χ1v) is 6.10. The molecule has 0 unspecified atom stereocenters. The van der Waals surface area contributed by atoms with Crippen LogP contribution in [0.3, 0.4) is 0 Å². The van der Waals surface area contributed by atoms with Crippen LogP contribution in [-0.2, 0) is 11.5 Å². The second-order valence-corrected chi connectivity index (χ2v) is 4.41. The molecule has 0 bridgehead atoms. The van der Waals surface area contributed by atoms with E-state index >= 15 is 0 Å². The highest BCUT2D eigenvalue weighted by Gasteiger charge is 2.12. The summed E-state index contributed by atoms with van der Waals surface area (Å²) < 4.78 is 0. The van der Waals surface area contributed by atoms with E-state index in [0.717, 1.165) is 11.5 Å². The van der Waals surface area contributed by atoms with E-state index < -0.39 is 0 Å². The summed E-state index contributed by atoms with van der Waals surface area (Å²) in [5, 5.41) is 0. The van der Waals surface area contributed by atoms with Gasteiger partial charge in [0.1, 0.15) is 0 Å². The average molecular weight is 226 g/mol. The highest BCUT2D eigenvalue weighted by atomic mass is 32.1. The molecule has 1 aromatic rings. The van der Waals surface area contributed by atoms with E-state index in [1.54, 1.807) is 0 Å². The zero-order valence-electron chi connectivity index (χ0n) is 9.31. The summed E-state index contributed by atoms with van der Waals surface area (Å²) in [4.78, 5) is 0. The lowest BCUT2D eigenvalue weighted by Gasteiger charge is -2.18. The van der Waals surface area contributed by atoms with Gasteiger partial charge in [-0.2, -0.15) is 25.3 Å². The van der Waals surface area contributed by atoms with E-state index in [2.05, 4.69) is 53.0 Å². The third-order valence-corrected chi connectivity index (χ3v) is 3.88. The minimum absolute atomic E-state index is 0.819. The summed E-state index contributed by atoms with van der Waals surface area (Å²) in [5.41, 5.74) is 8.29. The van der Waals surface area contributed by atoms with Gasteiger partial charge in [-0.1, -0.05) is 0 Å². The first-order chi connectivity index (χ1) is 6.54. The molecule has 0 saturated heterocycles. The van der Waals surface area contributed by atoms with Crippen molar-refractivity contribution < 1.29 is 0 Å². The van der Waals surface area contributed by atoms with Gasteiger partial charge in [-0.3, -0.25) is 0 Å². The fraction of sp³-hybridized carbons (Fsp3) is 0.500. The average Bonchev–Trinajstić information content (AvgIpc) is 2.16. The molecule has 0 nitrogen and oxygen atoms in total. The van der Waals surface area contributed by atoms with Crippen molar-refractivity contribution in [1.82, 2.24) is 0 Å². The van der Waals surface area contributed by atoms with Gasteiger partial charge >= 0.3 is 0 Å². The molecule has 1 aromatic carbocycles. The lowest BCUT2D eigenvalue weighted by atomic mass is 9.90. The molecule has 2 heteroatoms. The SMILES string of the molecule is Cc1c(C)c(CS)c(C)c(CS)c1C. The summed E-state index contributed by atoms with van der Waals surface area (Å²) in [7, 11) is 0. The second kappa shape index (κ2) is 4.63. The van der Waals surface area contributed by atoms with Crippen molar-refractivity contribution in [3.05, 3.63) is 33.4 Å². The van der Waals surface area contributed by atoms with Crippen LogP contribution in [0.5, 0.6) is 0 Å². The minimum Gasteiger partial charge on any atom is -0.175 e. The Labute approximate surface area is 97.9 Å². The van der Waals surface area contributed by atoms with Gasteiger partial charge in [0.25, 0.3) is 0 Å². The Morgan fingerprint density at radius 1 is 0.643 bits per heavy atom. The van der Waals surface area contributed by atoms with Crippen LogP contribution in [0.4, 0.5) is 0 Å². The quantitative estimate of drug-likeness (QED) is 0.705. The van der Waals surface area contributed by atoms with E-state index in [4.69, 9.17) is 0 Å². The molecule has 0 heterocycles. The van der Waals surface area contributed by atoms with Crippen molar-refractivity contribution in [2.24, 2.45) is 0 Å². The molecule has 0 amide bonds. The zero-order chi connectivity index (χ0) is 10.9. The number of hydrogen-bond acceptors (Lipinski definition) is 2. The molecule has 0 aliphatic rings. The molecule has 0 saturated carbocycles. The Balaban J connectivity index is 3.56. The van der Waals surface area contributed by atoms with Crippen molar-refractivity contribution in [2.45, 2.75) is 39.2 Å². The van der Waals surface area contributed by atoms with Crippen LogP contribution in [0, 0.1) is 27.7 Å². The first kappa shape index (κ1) is 12.0. The Bertz CT molecular complexity index is 323. The van der Waals surface area contributed by atoms with Crippen molar-refractivity contribution in [3.63, 3.8) is 0 Å². The summed E-state index contributed by atoms with van der Waals surface area (Å²) in [6, 6.07) is 0. The van der Waals surface area contributed by atoms with Gasteiger partial charge in [0.2, 0.25) is 0 Å². The van der Waals surface area contributed by atoms with Crippen molar-refractivity contribution in [3.8, 4) is 0 Å². The predicted octanol–water partition coefficient (Wildman–Crippen LogP) is 3.78. The summed E-state index contributed by atoms with van der Waals surface area (Å²) in [5.74, 6) is 1.64. The van der Waals surface area contributed by atoms with E-state index in [9.17, 15) is 0 Å². The van der Waals surface area contributed by atoms with Gasteiger partial charge in [0.15, 0.2) is 0 Å². The normalized spacial score (nSPS) is 10.7. The van der Waals surface area contributed by atoms with E-state index in [0.29, 0.717) is 0 Å². The van der Waals surface area contributed by atoms with Gasteiger partial charge in [-0.05, 0) is 61.1 Å². The summed E-state index contributed by atoms with van der Waals surface area (Å²) in [6.07, 6.45) is 0. The third kappa shape index (κ3) is 1.82. The Kier molecular flexibility index (Phi) is 3.96. The van der Waals surface area contributed by atoms with Crippen LogP contribution in [-0.4, -0.2) is 0 Å². The highest BCUT2D eigenvalue weighted by molar-refractivity contribution is 7.79. The molecular formula is C12H18S2. The largest absolute Gasteiger partial charge is 0.175 e. The molecule has 1 rings (SSSR count). The van der Waals surface area contributed by atoms with Crippen LogP contribution >= 0.6 is 25.3 Å². The fourth-order valence-corrected chi connectivity index (χ4v) is 2.90. The molecule has 0 spiro atoms. The Morgan fingerprint density at radius 2 is 1.00 bits per heavy atom. The van der Waals surface area contributed by atoms with E-state index in [1.807, 2.05) is 0 Å².